The second-order valence-corrected chi connectivity index (χ2v) is 5.75. The van der Waals surface area contributed by atoms with Gasteiger partial charge < -0.3 is 24.3 Å². The maximum Gasteiger partial charge on any atom is 0.342 e. The van der Waals surface area contributed by atoms with Crippen molar-refractivity contribution in [3.63, 3.8) is 0 Å². The molecule has 27 heavy (non-hydrogen) atoms. The number of amides is 1. The highest BCUT2D eigenvalue weighted by Crippen LogP contribution is 2.27. The molecule has 0 unspecified atom stereocenters. The van der Waals surface area contributed by atoms with Gasteiger partial charge in [0.15, 0.2) is 18.1 Å². The Kier molecular flexibility index (Phi) is 7.05. The van der Waals surface area contributed by atoms with Gasteiger partial charge in [-0.3, -0.25) is 4.79 Å². The third-order valence-electron chi connectivity index (χ3n) is 3.85. The molecule has 0 spiro atoms. The minimum atomic E-state index is -0.614. The summed E-state index contributed by atoms with van der Waals surface area (Å²) in [5, 5.41) is 2.69. The van der Waals surface area contributed by atoms with Crippen LogP contribution in [0.2, 0.25) is 0 Å². The number of benzene rings is 2. The smallest absolute Gasteiger partial charge is 0.342 e. The fourth-order valence-corrected chi connectivity index (χ4v) is 2.43. The number of carbonyl (C=O) groups excluding carboxylic acids is 2. The SMILES string of the molecule is COc1ccc(CNC(=O)COC(=O)c2cc(C)ccc2OC)cc1OC. The zero-order valence-corrected chi connectivity index (χ0v) is 15.8. The molecule has 0 aliphatic rings. The van der Waals surface area contributed by atoms with E-state index in [4.69, 9.17) is 18.9 Å². The van der Waals surface area contributed by atoms with Gasteiger partial charge >= 0.3 is 5.97 Å². The normalized spacial score (nSPS) is 10.1. The van der Waals surface area contributed by atoms with E-state index in [-0.39, 0.29) is 18.7 Å². The molecule has 144 valence electrons. The number of methoxy groups -OCH3 is 3. The van der Waals surface area contributed by atoms with Gasteiger partial charge in [-0.25, -0.2) is 4.79 Å². The van der Waals surface area contributed by atoms with Crippen molar-refractivity contribution in [2.45, 2.75) is 13.5 Å². The van der Waals surface area contributed by atoms with Crippen LogP contribution in [0, 0.1) is 6.92 Å². The topological polar surface area (TPSA) is 83.1 Å². The van der Waals surface area contributed by atoms with E-state index in [1.54, 1.807) is 38.5 Å². The maximum absolute atomic E-state index is 12.2. The second-order valence-electron chi connectivity index (χ2n) is 5.75. The lowest BCUT2D eigenvalue weighted by molar-refractivity contribution is -0.124. The molecule has 1 amide bonds. The summed E-state index contributed by atoms with van der Waals surface area (Å²) in [5.41, 5.74) is 2.00. The van der Waals surface area contributed by atoms with E-state index in [1.165, 1.54) is 7.11 Å². The van der Waals surface area contributed by atoms with Crippen molar-refractivity contribution < 1.29 is 28.5 Å². The van der Waals surface area contributed by atoms with Crippen molar-refractivity contribution >= 4 is 11.9 Å². The van der Waals surface area contributed by atoms with Gasteiger partial charge in [-0.05, 0) is 36.8 Å². The fraction of sp³-hybridized carbons (Fsp3) is 0.300. The summed E-state index contributed by atoms with van der Waals surface area (Å²) in [4.78, 5) is 24.2. The van der Waals surface area contributed by atoms with Crippen LogP contribution in [0.3, 0.4) is 0 Å². The minimum absolute atomic E-state index is 0.268. The van der Waals surface area contributed by atoms with Gasteiger partial charge in [0.1, 0.15) is 11.3 Å². The highest BCUT2D eigenvalue weighted by atomic mass is 16.5. The van der Waals surface area contributed by atoms with Crippen LogP contribution in [0.1, 0.15) is 21.5 Å². The van der Waals surface area contributed by atoms with Crippen LogP contribution >= 0.6 is 0 Å². The predicted molar refractivity (Wildman–Crippen MR) is 99.4 cm³/mol. The highest BCUT2D eigenvalue weighted by molar-refractivity contribution is 5.94. The first-order chi connectivity index (χ1) is 13.0. The molecular weight excluding hydrogens is 350 g/mol. The molecule has 2 aromatic rings. The molecule has 7 nitrogen and oxygen atoms in total. The molecule has 0 radical (unpaired) electrons. The minimum Gasteiger partial charge on any atom is -0.496 e. The number of rotatable bonds is 8. The van der Waals surface area contributed by atoms with Crippen molar-refractivity contribution in [2.24, 2.45) is 0 Å². The number of ether oxygens (including phenoxy) is 4. The standard InChI is InChI=1S/C20H23NO6/c1-13-5-7-16(24-2)15(9-13)20(23)27-12-19(22)21-11-14-6-8-17(25-3)18(10-14)26-4/h5-10H,11-12H2,1-4H3,(H,21,22). The maximum atomic E-state index is 12.2. The quantitative estimate of drug-likeness (QED) is 0.716. The first kappa shape index (κ1) is 20.1. The Morgan fingerprint density at radius 3 is 2.22 bits per heavy atom. The lowest BCUT2D eigenvalue weighted by atomic mass is 10.1. The summed E-state index contributed by atoms with van der Waals surface area (Å²) in [6, 6.07) is 10.5. The third-order valence-corrected chi connectivity index (χ3v) is 3.85. The van der Waals surface area contributed by atoms with Gasteiger partial charge in [0.2, 0.25) is 0 Å². The molecule has 0 atom stereocenters. The summed E-state index contributed by atoms with van der Waals surface area (Å²) in [7, 11) is 4.56. The average molecular weight is 373 g/mol. The van der Waals surface area contributed by atoms with E-state index >= 15 is 0 Å². The summed E-state index contributed by atoms with van der Waals surface area (Å²) in [6.45, 7) is 1.74. The van der Waals surface area contributed by atoms with E-state index in [1.807, 2.05) is 19.1 Å². The summed E-state index contributed by atoms with van der Waals surface area (Å²) >= 11 is 0. The van der Waals surface area contributed by atoms with E-state index < -0.39 is 11.9 Å². The van der Waals surface area contributed by atoms with Crippen LogP contribution in [-0.2, 0) is 16.1 Å². The Balaban J connectivity index is 1.89. The molecule has 0 aromatic heterocycles. The molecule has 0 aliphatic carbocycles. The van der Waals surface area contributed by atoms with Crippen LogP contribution in [0.15, 0.2) is 36.4 Å². The lowest BCUT2D eigenvalue weighted by Crippen LogP contribution is -2.28. The van der Waals surface area contributed by atoms with E-state index in [9.17, 15) is 9.59 Å². The number of esters is 1. The average Bonchev–Trinajstić information content (AvgIpc) is 2.69. The highest BCUT2D eigenvalue weighted by Gasteiger charge is 2.15. The molecule has 7 heteroatoms. The van der Waals surface area contributed by atoms with E-state index in [0.717, 1.165) is 11.1 Å². The van der Waals surface area contributed by atoms with Gasteiger partial charge in [-0.2, -0.15) is 0 Å². The van der Waals surface area contributed by atoms with E-state index in [2.05, 4.69) is 5.32 Å². The molecule has 0 saturated heterocycles. The monoisotopic (exact) mass is 373 g/mol. The van der Waals surface area contributed by atoms with Gasteiger partial charge in [-0.1, -0.05) is 17.7 Å². The molecular formula is C20H23NO6. The number of nitrogens with one attached hydrogen (secondary N) is 1. The Hall–Kier alpha value is -3.22. The molecule has 0 aliphatic heterocycles. The van der Waals surface area contributed by atoms with Crippen LogP contribution in [-0.4, -0.2) is 39.8 Å². The van der Waals surface area contributed by atoms with Gasteiger partial charge in [0.05, 0.1) is 21.3 Å². The van der Waals surface area contributed by atoms with Gasteiger partial charge in [0, 0.05) is 6.54 Å². The molecule has 1 N–H and O–H groups in total. The number of carbonyl (C=O) groups is 2. The van der Waals surface area contributed by atoms with Crippen LogP contribution in [0.5, 0.6) is 17.2 Å². The Labute approximate surface area is 158 Å². The van der Waals surface area contributed by atoms with Gasteiger partial charge in [-0.15, -0.1) is 0 Å². The van der Waals surface area contributed by atoms with Crippen molar-refractivity contribution in [3.05, 3.63) is 53.1 Å². The molecule has 2 aromatic carbocycles. The summed E-state index contributed by atoms with van der Waals surface area (Å²) in [6.07, 6.45) is 0. The number of hydrogen-bond donors (Lipinski definition) is 1. The largest absolute Gasteiger partial charge is 0.496 e. The molecule has 0 saturated carbocycles. The molecule has 0 fully saturated rings. The van der Waals surface area contributed by atoms with Crippen LogP contribution < -0.4 is 19.5 Å². The van der Waals surface area contributed by atoms with Crippen molar-refractivity contribution in [2.75, 3.05) is 27.9 Å². The van der Waals surface area contributed by atoms with Crippen molar-refractivity contribution in [1.82, 2.24) is 5.32 Å². The predicted octanol–water partition coefficient (Wildman–Crippen LogP) is 2.49. The number of hydrogen-bond acceptors (Lipinski definition) is 6. The Morgan fingerprint density at radius 2 is 1.56 bits per heavy atom. The zero-order chi connectivity index (χ0) is 19.8. The van der Waals surface area contributed by atoms with Crippen LogP contribution in [0.4, 0.5) is 0 Å². The molecule has 0 bridgehead atoms. The Bertz CT molecular complexity index is 818. The van der Waals surface area contributed by atoms with Gasteiger partial charge in [0.25, 0.3) is 5.91 Å². The van der Waals surface area contributed by atoms with E-state index in [0.29, 0.717) is 17.2 Å². The summed E-state index contributed by atoms with van der Waals surface area (Å²) < 4.78 is 20.6. The van der Waals surface area contributed by atoms with Crippen LogP contribution in [0.25, 0.3) is 0 Å². The third kappa shape index (κ3) is 5.37. The first-order valence-electron chi connectivity index (χ1n) is 8.27. The first-order valence-corrected chi connectivity index (χ1v) is 8.27. The van der Waals surface area contributed by atoms with Crippen molar-refractivity contribution in [3.8, 4) is 17.2 Å². The number of aryl methyl sites for hydroxylation is 1. The fourth-order valence-electron chi connectivity index (χ4n) is 2.43. The molecule has 2 rings (SSSR count). The summed E-state index contributed by atoms with van der Waals surface area (Å²) in [5.74, 6) is 0.550. The Morgan fingerprint density at radius 1 is 0.889 bits per heavy atom. The second kappa shape index (κ2) is 9.47. The zero-order valence-electron chi connectivity index (χ0n) is 15.8. The lowest BCUT2D eigenvalue weighted by Gasteiger charge is -2.11. The van der Waals surface area contributed by atoms with Crippen molar-refractivity contribution in [1.29, 1.82) is 0 Å². The molecule has 0 heterocycles.